The number of benzene rings is 2. The van der Waals surface area contributed by atoms with Crippen LogP contribution in [0, 0.1) is 22.3 Å². The molecule has 0 saturated heterocycles. The van der Waals surface area contributed by atoms with Crippen molar-refractivity contribution >= 4 is 17.8 Å². The number of carbonyl (C=O) groups is 2. The van der Waals surface area contributed by atoms with Crippen LogP contribution in [0.1, 0.15) is 79.2 Å². The number of halogens is 3. The minimum Gasteiger partial charge on any atom is -0.406 e. The molecule has 1 saturated carbocycles. The van der Waals surface area contributed by atoms with Gasteiger partial charge in [-0.2, -0.15) is 0 Å². The van der Waals surface area contributed by atoms with Crippen LogP contribution in [0.2, 0.25) is 0 Å². The summed E-state index contributed by atoms with van der Waals surface area (Å²) in [5.74, 6) is -1.29. The van der Waals surface area contributed by atoms with Crippen molar-refractivity contribution in [2.24, 2.45) is 16.4 Å². The number of hydrogen-bond acceptors (Lipinski definition) is 5. The standard InChI is InChI=1S/C28H34F3N5O3/c1-4-27(2,3)21-11-13-22(14-12-21)36(25(38)20-9-15-23(16-10-20)39-28(29,30)31)17-18-5-7-19(8-6-18)24(37)34-26(32)35-33/h5-10,15-16,21-22,33H,4,11-14,17H2,1-3H3,(H2,32,34,37). The van der Waals surface area contributed by atoms with E-state index >= 15 is 0 Å². The summed E-state index contributed by atoms with van der Waals surface area (Å²) in [6, 6.07) is 11.4. The molecule has 0 bridgehead atoms. The summed E-state index contributed by atoms with van der Waals surface area (Å²) in [7, 11) is 0. The minimum absolute atomic E-state index is 0.0466. The van der Waals surface area contributed by atoms with Gasteiger partial charge in [0.15, 0.2) is 0 Å². The Hall–Kier alpha value is -3.76. The summed E-state index contributed by atoms with van der Waals surface area (Å²) in [6.07, 6.45) is -0.184. The van der Waals surface area contributed by atoms with E-state index in [9.17, 15) is 22.8 Å². The molecule has 0 spiro atoms. The summed E-state index contributed by atoms with van der Waals surface area (Å²) in [5.41, 5.74) is 8.29. The van der Waals surface area contributed by atoms with Gasteiger partial charge in [0, 0.05) is 23.7 Å². The molecule has 0 aliphatic heterocycles. The molecular weight excluding hydrogens is 511 g/mol. The fraction of sp³-hybridized carbons (Fsp3) is 0.464. The lowest BCUT2D eigenvalue weighted by molar-refractivity contribution is -0.274. The van der Waals surface area contributed by atoms with Crippen molar-refractivity contribution in [3.8, 4) is 5.75 Å². The van der Waals surface area contributed by atoms with Crippen LogP contribution in [0.5, 0.6) is 5.75 Å². The molecule has 0 radical (unpaired) electrons. The second kappa shape index (κ2) is 12.4. The fourth-order valence-electron chi connectivity index (χ4n) is 4.96. The molecule has 0 aromatic heterocycles. The highest BCUT2D eigenvalue weighted by Gasteiger charge is 2.35. The van der Waals surface area contributed by atoms with Crippen molar-refractivity contribution in [3.05, 3.63) is 65.2 Å². The zero-order valence-corrected chi connectivity index (χ0v) is 22.3. The van der Waals surface area contributed by atoms with E-state index in [-0.39, 0.29) is 35.0 Å². The highest BCUT2D eigenvalue weighted by Crippen LogP contribution is 2.42. The molecule has 2 amide bonds. The number of guanidine groups is 1. The average Bonchev–Trinajstić information content (AvgIpc) is 2.91. The smallest absolute Gasteiger partial charge is 0.406 e. The molecule has 8 nitrogen and oxygen atoms in total. The lowest BCUT2D eigenvalue weighted by atomic mass is 9.68. The van der Waals surface area contributed by atoms with Gasteiger partial charge >= 0.3 is 6.36 Å². The first-order chi connectivity index (χ1) is 18.3. The molecular formula is C28H34F3N5O3. The molecule has 2 aromatic carbocycles. The van der Waals surface area contributed by atoms with Gasteiger partial charge in [-0.25, -0.2) is 5.53 Å². The molecule has 1 fully saturated rings. The van der Waals surface area contributed by atoms with Crippen LogP contribution in [-0.4, -0.2) is 35.1 Å². The van der Waals surface area contributed by atoms with Crippen LogP contribution >= 0.6 is 0 Å². The molecule has 0 unspecified atom stereocenters. The van der Waals surface area contributed by atoms with Gasteiger partial charge in [0.2, 0.25) is 5.96 Å². The third-order valence-electron chi connectivity index (χ3n) is 7.66. The van der Waals surface area contributed by atoms with Gasteiger partial charge < -0.3 is 9.64 Å². The number of nitrogens with zero attached hydrogens (tertiary/aromatic N) is 2. The second-order valence-electron chi connectivity index (χ2n) is 10.5. The van der Waals surface area contributed by atoms with Crippen LogP contribution in [0.4, 0.5) is 13.2 Å². The Balaban J connectivity index is 1.81. The summed E-state index contributed by atoms with van der Waals surface area (Å²) < 4.78 is 41.6. The van der Waals surface area contributed by atoms with Crippen LogP contribution in [0.15, 0.2) is 53.6 Å². The summed E-state index contributed by atoms with van der Waals surface area (Å²) in [6.45, 7) is 6.97. The largest absolute Gasteiger partial charge is 0.573 e. The average molecular weight is 546 g/mol. The Morgan fingerprint density at radius 3 is 2.08 bits per heavy atom. The molecule has 11 heteroatoms. The van der Waals surface area contributed by atoms with E-state index in [1.807, 2.05) is 0 Å². The van der Waals surface area contributed by atoms with E-state index in [2.05, 4.69) is 35.9 Å². The second-order valence-corrected chi connectivity index (χ2v) is 10.5. The van der Waals surface area contributed by atoms with E-state index in [4.69, 9.17) is 10.9 Å². The van der Waals surface area contributed by atoms with Gasteiger partial charge in [-0.15, -0.1) is 18.3 Å². The maximum Gasteiger partial charge on any atom is 0.573 e. The third-order valence-corrected chi connectivity index (χ3v) is 7.66. The van der Waals surface area contributed by atoms with Crippen LogP contribution < -0.4 is 10.1 Å². The van der Waals surface area contributed by atoms with Crippen molar-refractivity contribution < 1.29 is 27.5 Å². The van der Waals surface area contributed by atoms with E-state index in [1.165, 1.54) is 12.1 Å². The summed E-state index contributed by atoms with van der Waals surface area (Å²) in [4.78, 5) is 27.6. The van der Waals surface area contributed by atoms with Crippen LogP contribution in [0.25, 0.3) is 0 Å². The van der Waals surface area contributed by atoms with E-state index in [0.29, 0.717) is 5.92 Å². The molecule has 210 valence electrons. The van der Waals surface area contributed by atoms with Gasteiger partial charge in [0.25, 0.3) is 11.8 Å². The van der Waals surface area contributed by atoms with E-state index in [0.717, 1.165) is 49.8 Å². The highest BCUT2D eigenvalue weighted by molar-refractivity contribution is 6.04. The first kappa shape index (κ1) is 29.8. The van der Waals surface area contributed by atoms with Crippen LogP contribution in [0.3, 0.4) is 0 Å². The van der Waals surface area contributed by atoms with Crippen molar-refractivity contribution in [2.45, 2.75) is 71.8 Å². The SMILES string of the molecule is CCC(C)(C)C1CCC(N(Cc2ccc(C(=O)NC(=N)N=N)cc2)C(=O)c2ccc(OC(F)(F)F)cc2)CC1. The number of ether oxygens (including phenoxy) is 1. The van der Waals surface area contributed by atoms with Gasteiger partial charge in [-0.3, -0.25) is 20.3 Å². The predicted molar refractivity (Wildman–Crippen MR) is 140 cm³/mol. The molecule has 3 N–H and O–H groups in total. The van der Waals surface area contributed by atoms with Gasteiger partial charge in [-0.05, 0) is 79.0 Å². The third kappa shape index (κ3) is 8.11. The molecule has 0 atom stereocenters. The summed E-state index contributed by atoms with van der Waals surface area (Å²) in [5, 5.41) is 12.4. The first-order valence-electron chi connectivity index (χ1n) is 12.9. The zero-order valence-electron chi connectivity index (χ0n) is 22.3. The lowest BCUT2D eigenvalue weighted by Crippen LogP contribution is -2.43. The molecule has 1 aliphatic carbocycles. The summed E-state index contributed by atoms with van der Waals surface area (Å²) >= 11 is 0. The van der Waals surface area contributed by atoms with Gasteiger partial charge in [0.05, 0.1) is 0 Å². The monoisotopic (exact) mass is 545 g/mol. The van der Waals surface area contributed by atoms with E-state index in [1.54, 1.807) is 29.2 Å². The van der Waals surface area contributed by atoms with Crippen molar-refractivity contribution in [1.82, 2.24) is 10.2 Å². The predicted octanol–water partition coefficient (Wildman–Crippen LogP) is 6.92. The number of rotatable bonds is 8. The van der Waals surface area contributed by atoms with Crippen molar-refractivity contribution in [1.29, 1.82) is 10.9 Å². The minimum atomic E-state index is -4.82. The number of amides is 2. The number of alkyl halides is 3. The zero-order chi connectivity index (χ0) is 28.8. The van der Waals surface area contributed by atoms with E-state index < -0.39 is 24.0 Å². The maximum atomic E-state index is 13.7. The maximum absolute atomic E-state index is 13.7. The molecule has 0 heterocycles. The van der Waals surface area contributed by atoms with Crippen molar-refractivity contribution in [2.75, 3.05) is 0 Å². The highest BCUT2D eigenvalue weighted by atomic mass is 19.4. The number of nitrogens with one attached hydrogen (secondary N) is 3. The lowest BCUT2D eigenvalue weighted by Gasteiger charge is -2.42. The molecule has 3 rings (SSSR count). The Bertz CT molecular complexity index is 1170. The Kier molecular flexibility index (Phi) is 9.47. The molecule has 39 heavy (non-hydrogen) atoms. The Morgan fingerprint density at radius 1 is 1.00 bits per heavy atom. The first-order valence-corrected chi connectivity index (χ1v) is 12.9. The molecule has 1 aliphatic rings. The quantitative estimate of drug-likeness (QED) is 0.190. The number of hydrogen-bond donors (Lipinski definition) is 3. The van der Waals surface area contributed by atoms with Gasteiger partial charge in [0.1, 0.15) is 5.75 Å². The number of carbonyl (C=O) groups excluding carboxylic acids is 2. The van der Waals surface area contributed by atoms with Crippen LogP contribution in [-0.2, 0) is 6.54 Å². The normalized spacial score (nSPS) is 17.7. The Morgan fingerprint density at radius 2 is 1.56 bits per heavy atom. The fourth-order valence-corrected chi connectivity index (χ4v) is 4.96. The Labute approximate surface area is 225 Å². The topological polar surface area (TPSA) is 119 Å². The molecule has 2 aromatic rings. The van der Waals surface area contributed by atoms with Gasteiger partial charge in [-0.1, -0.05) is 39.3 Å². The van der Waals surface area contributed by atoms with Crippen molar-refractivity contribution in [3.63, 3.8) is 0 Å².